The normalized spacial score (nSPS) is 12.9. The Labute approximate surface area is 124 Å². The van der Waals surface area contributed by atoms with Crippen LogP contribution in [0.2, 0.25) is 0 Å². The molecule has 0 radical (unpaired) electrons. The number of hydrogen-bond acceptors (Lipinski definition) is 3. The fourth-order valence-corrected chi connectivity index (χ4v) is 1.58. The molecule has 0 heterocycles. The number of alkyl carbamates (subject to hydrolysis) is 1. The topological polar surface area (TPSA) is 75.6 Å². The number of amides is 1. The van der Waals surface area contributed by atoms with Crippen LogP contribution in [0.25, 0.3) is 6.08 Å². The number of rotatable bonds is 5. The van der Waals surface area contributed by atoms with Crippen LogP contribution in [0.1, 0.15) is 32.8 Å². The molecule has 0 aliphatic heterocycles. The molecule has 1 rings (SSSR count). The zero-order valence-corrected chi connectivity index (χ0v) is 12.5. The van der Waals surface area contributed by atoms with Crippen LogP contribution in [0.15, 0.2) is 36.4 Å². The highest BCUT2D eigenvalue weighted by Gasteiger charge is 2.22. The van der Waals surface area contributed by atoms with Gasteiger partial charge in [0, 0.05) is 0 Å². The van der Waals surface area contributed by atoms with Gasteiger partial charge in [0.15, 0.2) is 0 Å². The van der Waals surface area contributed by atoms with Gasteiger partial charge in [-0.1, -0.05) is 42.5 Å². The summed E-state index contributed by atoms with van der Waals surface area (Å²) in [5.41, 5.74) is 0.312. The smallest absolute Gasteiger partial charge is 0.408 e. The largest absolute Gasteiger partial charge is 0.480 e. The Balaban J connectivity index is 2.56. The fourth-order valence-electron chi connectivity index (χ4n) is 1.58. The van der Waals surface area contributed by atoms with Crippen molar-refractivity contribution in [1.82, 2.24) is 5.32 Å². The zero-order chi connectivity index (χ0) is 15.9. The number of benzene rings is 1. The summed E-state index contributed by atoms with van der Waals surface area (Å²) in [6.45, 7) is 5.16. The van der Waals surface area contributed by atoms with Crippen LogP contribution in [-0.2, 0) is 9.53 Å². The van der Waals surface area contributed by atoms with Crippen molar-refractivity contribution < 1.29 is 19.4 Å². The van der Waals surface area contributed by atoms with E-state index in [4.69, 9.17) is 9.84 Å². The highest BCUT2D eigenvalue weighted by molar-refractivity contribution is 5.80. The number of nitrogens with one attached hydrogen (secondary N) is 1. The van der Waals surface area contributed by atoms with Crippen LogP contribution >= 0.6 is 0 Å². The number of hydrogen-bond donors (Lipinski definition) is 2. The van der Waals surface area contributed by atoms with E-state index in [2.05, 4.69) is 5.32 Å². The number of aliphatic carboxylic acids is 1. The van der Waals surface area contributed by atoms with E-state index in [1.54, 1.807) is 26.8 Å². The Morgan fingerprint density at radius 2 is 1.90 bits per heavy atom. The lowest BCUT2D eigenvalue weighted by Gasteiger charge is -2.21. The van der Waals surface area contributed by atoms with Crippen LogP contribution in [0, 0.1) is 0 Å². The lowest BCUT2D eigenvalue weighted by Crippen LogP contribution is -2.43. The standard InChI is InChI=1S/C16H21NO4/c1-16(2,3)21-15(20)17-13(14(18)19)11-7-10-12-8-5-4-6-9-12/h4-10,13H,11H2,1-3H3,(H,17,20)(H,18,19)/b10-7+/t13-/m1/s1. The number of ether oxygens (including phenoxy) is 1. The molecule has 1 amide bonds. The summed E-state index contributed by atoms with van der Waals surface area (Å²) in [7, 11) is 0. The predicted molar refractivity (Wildman–Crippen MR) is 80.9 cm³/mol. The molecule has 0 saturated carbocycles. The number of carboxylic acids is 1. The molecule has 1 aromatic rings. The molecule has 5 nitrogen and oxygen atoms in total. The zero-order valence-electron chi connectivity index (χ0n) is 12.5. The van der Waals surface area contributed by atoms with Crippen molar-refractivity contribution in [3.8, 4) is 0 Å². The van der Waals surface area contributed by atoms with Gasteiger partial charge in [0.1, 0.15) is 11.6 Å². The second kappa shape index (κ2) is 7.47. The minimum atomic E-state index is -1.10. The maximum Gasteiger partial charge on any atom is 0.408 e. The molecule has 5 heteroatoms. The lowest BCUT2D eigenvalue weighted by atomic mass is 10.1. The molecule has 0 bridgehead atoms. The molecule has 0 unspecified atom stereocenters. The van der Waals surface area contributed by atoms with Crippen molar-refractivity contribution in [2.75, 3.05) is 0 Å². The summed E-state index contributed by atoms with van der Waals surface area (Å²) in [5.74, 6) is -1.10. The molecule has 0 saturated heterocycles. The minimum Gasteiger partial charge on any atom is -0.480 e. The molecule has 2 N–H and O–H groups in total. The molecule has 0 spiro atoms. The summed E-state index contributed by atoms with van der Waals surface area (Å²) in [6.07, 6.45) is 2.98. The molecule has 0 aliphatic rings. The van der Waals surface area contributed by atoms with E-state index in [9.17, 15) is 9.59 Å². The van der Waals surface area contributed by atoms with Crippen molar-refractivity contribution >= 4 is 18.1 Å². The third-order valence-corrected chi connectivity index (χ3v) is 2.47. The van der Waals surface area contributed by atoms with E-state index in [1.807, 2.05) is 36.4 Å². The van der Waals surface area contributed by atoms with E-state index in [0.29, 0.717) is 0 Å². The molecule has 1 atom stereocenters. The molecule has 114 valence electrons. The summed E-state index contributed by atoms with van der Waals surface area (Å²) in [5, 5.41) is 11.5. The fraction of sp³-hybridized carbons (Fsp3) is 0.375. The maximum absolute atomic E-state index is 11.6. The van der Waals surface area contributed by atoms with Gasteiger partial charge in [-0.3, -0.25) is 0 Å². The Bertz CT molecular complexity index is 503. The van der Waals surface area contributed by atoms with Crippen LogP contribution in [0.5, 0.6) is 0 Å². The molecule has 0 aliphatic carbocycles. The lowest BCUT2D eigenvalue weighted by molar-refractivity contribution is -0.139. The number of carbonyl (C=O) groups excluding carboxylic acids is 1. The van der Waals surface area contributed by atoms with Gasteiger partial charge in [0.25, 0.3) is 0 Å². The Morgan fingerprint density at radius 3 is 2.43 bits per heavy atom. The van der Waals surface area contributed by atoms with Crippen LogP contribution in [0.4, 0.5) is 4.79 Å². The first kappa shape index (κ1) is 16.8. The Hall–Kier alpha value is -2.30. The van der Waals surface area contributed by atoms with Crippen molar-refractivity contribution in [1.29, 1.82) is 0 Å². The number of carboxylic acid groups (broad SMARTS) is 1. The summed E-state index contributed by atoms with van der Waals surface area (Å²) in [4.78, 5) is 22.7. The first-order valence-electron chi connectivity index (χ1n) is 6.72. The van der Waals surface area contributed by atoms with Crippen molar-refractivity contribution in [3.63, 3.8) is 0 Å². The van der Waals surface area contributed by atoms with Crippen molar-refractivity contribution in [2.45, 2.75) is 38.8 Å². The highest BCUT2D eigenvalue weighted by Crippen LogP contribution is 2.08. The van der Waals surface area contributed by atoms with Gasteiger partial charge in [-0.25, -0.2) is 9.59 Å². The predicted octanol–water partition coefficient (Wildman–Crippen LogP) is 3.07. The molecular formula is C16H21NO4. The highest BCUT2D eigenvalue weighted by atomic mass is 16.6. The van der Waals surface area contributed by atoms with Gasteiger partial charge in [-0.15, -0.1) is 0 Å². The van der Waals surface area contributed by atoms with Gasteiger partial charge in [0.05, 0.1) is 0 Å². The Morgan fingerprint density at radius 1 is 1.29 bits per heavy atom. The van der Waals surface area contributed by atoms with Gasteiger partial charge < -0.3 is 15.2 Å². The van der Waals surface area contributed by atoms with Crippen LogP contribution in [0.3, 0.4) is 0 Å². The second-order valence-electron chi connectivity index (χ2n) is 5.59. The van der Waals surface area contributed by atoms with E-state index < -0.39 is 23.7 Å². The van der Waals surface area contributed by atoms with E-state index in [1.165, 1.54) is 0 Å². The summed E-state index contributed by atoms with van der Waals surface area (Å²) < 4.78 is 5.05. The first-order chi connectivity index (χ1) is 9.78. The third-order valence-electron chi connectivity index (χ3n) is 2.47. The number of carbonyl (C=O) groups is 2. The molecule has 21 heavy (non-hydrogen) atoms. The van der Waals surface area contributed by atoms with Crippen molar-refractivity contribution in [3.05, 3.63) is 42.0 Å². The van der Waals surface area contributed by atoms with Crippen molar-refractivity contribution in [2.24, 2.45) is 0 Å². The van der Waals surface area contributed by atoms with E-state index in [-0.39, 0.29) is 6.42 Å². The summed E-state index contributed by atoms with van der Waals surface area (Å²) in [6, 6.07) is 8.50. The average molecular weight is 291 g/mol. The van der Waals surface area contributed by atoms with E-state index >= 15 is 0 Å². The maximum atomic E-state index is 11.6. The van der Waals surface area contributed by atoms with Gasteiger partial charge in [0.2, 0.25) is 0 Å². The first-order valence-corrected chi connectivity index (χ1v) is 6.72. The second-order valence-corrected chi connectivity index (χ2v) is 5.59. The molecular weight excluding hydrogens is 270 g/mol. The van der Waals surface area contributed by atoms with E-state index in [0.717, 1.165) is 5.56 Å². The monoisotopic (exact) mass is 291 g/mol. The van der Waals surface area contributed by atoms with Crippen LogP contribution < -0.4 is 5.32 Å². The quantitative estimate of drug-likeness (QED) is 0.874. The van der Waals surface area contributed by atoms with Gasteiger partial charge >= 0.3 is 12.1 Å². The van der Waals surface area contributed by atoms with Gasteiger partial charge in [-0.2, -0.15) is 0 Å². The van der Waals surface area contributed by atoms with Gasteiger partial charge in [-0.05, 0) is 32.8 Å². The molecule has 0 aromatic heterocycles. The minimum absolute atomic E-state index is 0.184. The average Bonchev–Trinajstić information content (AvgIpc) is 2.36. The van der Waals surface area contributed by atoms with Crippen LogP contribution in [-0.4, -0.2) is 28.8 Å². The Kier molecular flexibility index (Phi) is 5.96. The third kappa shape index (κ3) is 7.15. The molecule has 0 fully saturated rings. The SMILES string of the molecule is CC(C)(C)OC(=O)N[C@H](C/C=C/c1ccccc1)C(=O)O. The molecule has 1 aromatic carbocycles. The summed E-state index contributed by atoms with van der Waals surface area (Å²) >= 11 is 0.